The lowest BCUT2D eigenvalue weighted by atomic mass is 10.2. The maximum atomic E-state index is 10.7. The maximum Gasteiger partial charge on any atom is 0.340 e. The third kappa shape index (κ3) is 2.26. The van der Waals surface area contributed by atoms with Crippen molar-refractivity contribution in [2.24, 2.45) is 5.16 Å². The molecule has 0 atom stereocenters. The molecule has 0 N–H and O–H groups in total. The summed E-state index contributed by atoms with van der Waals surface area (Å²) in [6, 6.07) is 0. The van der Waals surface area contributed by atoms with Crippen molar-refractivity contribution in [3.8, 4) is 0 Å². The van der Waals surface area contributed by atoms with Crippen molar-refractivity contribution < 1.29 is 14.4 Å². The van der Waals surface area contributed by atoms with E-state index in [1.54, 1.807) is 0 Å². The van der Waals surface area contributed by atoms with E-state index in [9.17, 15) is 4.79 Å². The molecule has 0 spiro atoms. The van der Waals surface area contributed by atoms with Crippen molar-refractivity contribution >= 4 is 11.7 Å². The van der Waals surface area contributed by atoms with Crippen molar-refractivity contribution in [3.05, 3.63) is 0 Å². The normalized spacial score (nSPS) is 24.3. The van der Waals surface area contributed by atoms with Gasteiger partial charge in [0.2, 0.25) is 0 Å². The summed E-state index contributed by atoms with van der Waals surface area (Å²) in [6.45, 7) is 4.08. The highest BCUT2D eigenvalue weighted by molar-refractivity contribution is 6.02. The first-order chi connectivity index (χ1) is 6.34. The molecule has 0 aromatic carbocycles. The summed E-state index contributed by atoms with van der Waals surface area (Å²) >= 11 is 0. The number of oxime groups is 1. The zero-order valence-corrected chi connectivity index (χ0v) is 7.36. The van der Waals surface area contributed by atoms with Gasteiger partial charge in [-0.05, 0) is 0 Å². The van der Waals surface area contributed by atoms with Gasteiger partial charge in [-0.25, -0.2) is 4.79 Å². The van der Waals surface area contributed by atoms with Crippen LogP contribution in [-0.2, 0) is 14.4 Å². The smallest absolute Gasteiger partial charge is 0.340 e. The molecule has 0 aromatic heterocycles. The van der Waals surface area contributed by atoms with Crippen molar-refractivity contribution in [1.82, 2.24) is 4.90 Å². The summed E-state index contributed by atoms with van der Waals surface area (Å²) < 4.78 is 5.21. The van der Waals surface area contributed by atoms with Gasteiger partial charge in [0.1, 0.15) is 0 Å². The molecular weight excluding hydrogens is 172 g/mol. The first-order valence-corrected chi connectivity index (χ1v) is 4.40. The molecule has 0 bridgehead atoms. The van der Waals surface area contributed by atoms with Crippen molar-refractivity contribution in [1.29, 1.82) is 0 Å². The quantitative estimate of drug-likeness (QED) is 0.549. The molecule has 72 valence electrons. The average molecular weight is 184 g/mol. The second kappa shape index (κ2) is 3.85. The fourth-order valence-electron chi connectivity index (χ4n) is 1.45. The Kier molecular flexibility index (Phi) is 2.56. The van der Waals surface area contributed by atoms with E-state index in [1.807, 2.05) is 0 Å². The number of hydrogen-bond donors (Lipinski definition) is 0. The molecule has 1 fully saturated rings. The van der Waals surface area contributed by atoms with Crippen LogP contribution in [0.2, 0.25) is 0 Å². The number of morpholine rings is 1. The van der Waals surface area contributed by atoms with Gasteiger partial charge in [0.15, 0.2) is 0 Å². The molecule has 2 rings (SSSR count). The van der Waals surface area contributed by atoms with Crippen LogP contribution in [-0.4, -0.2) is 49.4 Å². The van der Waals surface area contributed by atoms with E-state index >= 15 is 0 Å². The SMILES string of the molecule is O=C1CC(CN2CCOCC2)=NO1. The Morgan fingerprint density at radius 1 is 1.38 bits per heavy atom. The minimum Gasteiger partial charge on any atom is -0.379 e. The molecule has 0 radical (unpaired) electrons. The first-order valence-electron chi connectivity index (χ1n) is 4.40. The monoisotopic (exact) mass is 184 g/mol. The highest BCUT2D eigenvalue weighted by atomic mass is 16.7. The lowest BCUT2D eigenvalue weighted by molar-refractivity contribution is -0.140. The molecule has 2 aliphatic rings. The summed E-state index contributed by atoms with van der Waals surface area (Å²) in [4.78, 5) is 17.4. The molecule has 0 unspecified atom stereocenters. The largest absolute Gasteiger partial charge is 0.379 e. The van der Waals surface area contributed by atoms with Gasteiger partial charge in [0, 0.05) is 19.6 Å². The third-order valence-electron chi connectivity index (χ3n) is 2.13. The van der Waals surface area contributed by atoms with Crippen molar-refractivity contribution in [2.45, 2.75) is 6.42 Å². The molecule has 0 aliphatic carbocycles. The van der Waals surface area contributed by atoms with Crippen molar-refractivity contribution in [3.63, 3.8) is 0 Å². The first kappa shape index (κ1) is 8.65. The summed E-state index contributed by atoms with van der Waals surface area (Å²) in [6.07, 6.45) is 0.345. The molecule has 0 amide bonds. The Labute approximate surface area is 76.3 Å². The Hall–Kier alpha value is -0.940. The van der Waals surface area contributed by atoms with Gasteiger partial charge >= 0.3 is 5.97 Å². The van der Waals surface area contributed by atoms with Crippen LogP contribution >= 0.6 is 0 Å². The molecular formula is C8H12N2O3. The second-order valence-corrected chi connectivity index (χ2v) is 3.19. The summed E-state index contributed by atoms with van der Waals surface area (Å²) in [5, 5.41) is 3.70. The van der Waals surface area contributed by atoms with E-state index < -0.39 is 0 Å². The van der Waals surface area contributed by atoms with Crippen LogP contribution < -0.4 is 0 Å². The van der Waals surface area contributed by atoms with Gasteiger partial charge in [-0.2, -0.15) is 0 Å². The van der Waals surface area contributed by atoms with E-state index in [0.717, 1.165) is 38.6 Å². The fourth-order valence-corrected chi connectivity index (χ4v) is 1.45. The van der Waals surface area contributed by atoms with Gasteiger partial charge in [0.25, 0.3) is 0 Å². The zero-order valence-electron chi connectivity index (χ0n) is 7.36. The number of hydrogen-bond acceptors (Lipinski definition) is 5. The number of nitrogens with zero attached hydrogens (tertiary/aromatic N) is 2. The topological polar surface area (TPSA) is 51.1 Å². The van der Waals surface area contributed by atoms with Crippen LogP contribution in [0.5, 0.6) is 0 Å². The number of carbonyl (C=O) groups excluding carboxylic acids is 1. The Morgan fingerprint density at radius 2 is 2.15 bits per heavy atom. The molecule has 0 aromatic rings. The second-order valence-electron chi connectivity index (χ2n) is 3.19. The molecule has 2 aliphatic heterocycles. The predicted molar refractivity (Wildman–Crippen MR) is 45.4 cm³/mol. The highest BCUT2D eigenvalue weighted by Crippen LogP contribution is 2.05. The van der Waals surface area contributed by atoms with Crippen LogP contribution in [0, 0.1) is 0 Å². The zero-order chi connectivity index (χ0) is 9.10. The van der Waals surface area contributed by atoms with Crippen LogP contribution in [0.4, 0.5) is 0 Å². The third-order valence-corrected chi connectivity index (χ3v) is 2.13. The maximum absolute atomic E-state index is 10.7. The van der Waals surface area contributed by atoms with E-state index in [-0.39, 0.29) is 5.97 Å². The Balaban J connectivity index is 1.80. The minimum absolute atomic E-state index is 0.247. The fraction of sp³-hybridized carbons (Fsp3) is 0.750. The average Bonchev–Trinajstić information content (AvgIpc) is 2.53. The van der Waals surface area contributed by atoms with Crippen molar-refractivity contribution in [2.75, 3.05) is 32.8 Å². The van der Waals surface area contributed by atoms with Gasteiger partial charge < -0.3 is 9.57 Å². The van der Waals surface area contributed by atoms with E-state index in [1.165, 1.54) is 0 Å². The van der Waals surface area contributed by atoms with E-state index in [4.69, 9.17) is 4.74 Å². The summed E-state index contributed by atoms with van der Waals surface area (Å²) in [5.41, 5.74) is 0.826. The van der Waals surface area contributed by atoms with Crippen LogP contribution in [0.15, 0.2) is 5.16 Å². The number of carbonyl (C=O) groups is 1. The Morgan fingerprint density at radius 3 is 2.77 bits per heavy atom. The van der Waals surface area contributed by atoms with Crippen LogP contribution in [0.3, 0.4) is 0 Å². The van der Waals surface area contributed by atoms with Gasteiger partial charge in [-0.1, -0.05) is 5.16 Å². The Bertz CT molecular complexity index is 234. The van der Waals surface area contributed by atoms with Gasteiger partial charge in [-0.15, -0.1) is 0 Å². The number of rotatable bonds is 2. The number of ether oxygens (including phenoxy) is 1. The molecule has 13 heavy (non-hydrogen) atoms. The van der Waals surface area contributed by atoms with Crippen LogP contribution in [0.1, 0.15) is 6.42 Å². The molecule has 5 heteroatoms. The van der Waals surface area contributed by atoms with Gasteiger partial charge in [0.05, 0.1) is 25.3 Å². The molecule has 0 saturated carbocycles. The van der Waals surface area contributed by atoms with Crippen LogP contribution in [0.25, 0.3) is 0 Å². The van der Waals surface area contributed by atoms with E-state index in [2.05, 4.69) is 14.9 Å². The van der Waals surface area contributed by atoms with E-state index in [0.29, 0.717) is 6.42 Å². The molecule has 2 heterocycles. The predicted octanol–water partition coefficient (Wildman–Crippen LogP) is -0.379. The minimum atomic E-state index is -0.247. The van der Waals surface area contributed by atoms with Gasteiger partial charge in [-0.3, -0.25) is 4.90 Å². The summed E-state index contributed by atoms with van der Waals surface area (Å²) in [7, 11) is 0. The standard InChI is InChI=1S/C8H12N2O3/c11-8-5-7(9-13-8)6-10-1-3-12-4-2-10/h1-6H2. The highest BCUT2D eigenvalue weighted by Gasteiger charge is 2.20. The lowest BCUT2D eigenvalue weighted by Crippen LogP contribution is -2.39. The lowest BCUT2D eigenvalue weighted by Gasteiger charge is -2.25. The summed E-state index contributed by atoms with van der Waals surface area (Å²) in [5.74, 6) is -0.247. The molecule has 5 nitrogen and oxygen atoms in total. The molecule has 1 saturated heterocycles.